The number of sulfonamides is 1. The van der Waals surface area contributed by atoms with Crippen LogP contribution in [-0.4, -0.2) is 21.4 Å². The lowest BCUT2D eigenvalue weighted by atomic mass is 10.1. The molecule has 0 fully saturated rings. The second kappa shape index (κ2) is 11.8. The first-order chi connectivity index (χ1) is 18.3. The van der Waals surface area contributed by atoms with Crippen molar-refractivity contribution < 1.29 is 22.7 Å². The van der Waals surface area contributed by atoms with Gasteiger partial charge in [-0.1, -0.05) is 66.7 Å². The van der Waals surface area contributed by atoms with Gasteiger partial charge in [-0.05, 0) is 72.5 Å². The van der Waals surface area contributed by atoms with Crippen LogP contribution in [-0.2, 0) is 21.4 Å². The first-order valence-corrected chi connectivity index (χ1v) is 13.5. The predicted octanol–water partition coefficient (Wildman–Crippen LogP) is 6.33. The Balaban J connectivity index is 1.63. The zero-order valence-electron chi connectivity index (χ0n) is 21.5. The minimum Gasteiger partial charge on any atom is -0.493 e. The highest BCUT2D eigenvalue weighted by atomic mass is 32.2. The highest BCUT2D eigenvalue weighted by molar-refractivity contribution is 7.93. The number of ether oxygens (including phenoxy) is 2. The number of anilines is 1. The van der Waals surface area contributed by atoms with Gasteiger partial charge in [0.15, 0.2) is 11.5 Å². The molecule has 0 aliphatic heterocycles. The highest BCUT2D eigenvalue weighted by Gasteiger charge is 2.31. The van der Waals surface area contributed by atoms with Crippen LogP contribution in [0, 0.1) is 13.8 Å². The van der Waals surface area contributed by atoms with Crippen molar-refractivity contribution in [1.29, 1.82) is 0 Å². The molecule has 0 unspecified atom stereocenters. The van der Waals surface area contributed by atoms with Crippen LogP contribution in [0.15, 0.2) is 108 Å². The molecule has 0 radical (unpaired) electrons. The number of carbonyl (C=O) groups excluding carboxylic acids is 1. The molecule has 4 aromatic carbocycles. The number of amides is 1. The number of rotatable bonds is 9. The zero-order valence-corrected chi connectivity index (χ0v) is 22.3. The first-order valence-electron chi connectivity index (χ1n) is 12.0. The Morgan fingerprint density at radius 2 is 1.53 bits per heavy atom. The van der Waals surface area contributed by atoms with Gasteiger partial charge in [-0.2, -0.15) is 4.31 Å². The molecule has 7 heteroatoms. The van der Waals surface area contributed by atoms with Crippen LogP contribution in [0.4, 0.5) is 5.69 Å². The quantitative estimate of drug-likeness (QED) is 0.238. The van der Waals surface area contributed by atoms with Crippen LogP contribution in [0.2, 0.25) is 0 Å². The van der Waals surface area contributed by atoms with Crippen LogP contribution in [0.25, 0.3) is 6.08 Å². The molecule has 4 rings (SSSR count). The van der Waals surface area contributed by atoms with Gasteiger partial charge in [-0.15, -0.1) is 0 Å². The second-order valence-corrected chi connectivity index (χ2v) is 10.4. The summed E-state index contributed by atoms with van der Waals surface area (Å²) in [5.74, 6) is 0.369. The van der Waals surface area contributed by atoms with Crippen molar-refractivity contribution in [3.63, 3.8) is 0 Å². The number of benzene rings is 4. The van der Waals surface area contributed by atoms with E-state index in [0.29, 0.717) is 34.9 Å². The number of hydrogen-bond acceptors (Lipinski definition) is 5. The maximum atomic E-state index is 13.6. The lowest BCUT2D eigenvalue weighted by molar-refractivity contribution is -0.113. The molecule has 0 saturated heterocycles. The third kappa shape index (κ3) is 5.95. The van der Waals surface area contributed by atoms with Crippen LogP contribution >= 0.6 is 0 Å². The van der Waals surface area contributed by atoms with Gasteiger partial charge in [-0.3, -0.25) is 4.79 Å². The van der Waals surface area contributed by atoms with Gasteiger partial charge >= 0.3 is 0 Å². The number of hydrogen-bond donors (Lipinski definition) is 0. The molecule has 0 aliphatic rings. The van der Waals surface area contributed by atoms with E-state index in [4.69, 9.17) is 9.47 Å². The summed E-state index contributed by atoms with van der Waals surface area (Å²) >= 11 is 0. The number of methoxy groups -OCH3 is 1. The standard InChI is InChI=1S/C31H29NO5S/c1-23-11-10-16-28(24(23)2)32(38(34,35)27-14-8-5-9-15-27)31(33)20-18-25-17-19-29(30(21-25)36-3)37-22-26-12-6-4-7-13-26/h4-21H,22H2,1-3H3/b20-18+. The molecule has 6 nitrogen and oxygen atoms in total. The monoisotopic (exact) mass is 527 g/mol. The fourth-order valence-electron chi connectivity index (χ4n) is 3.90. The summed E-state index contributed by atoms with van der Waals surface area (Å²) in [6.45, 7) is 4.06. The normalized spacial score (nSPS) is 11.3. The largest absolute Gasteiger partial charge is 0.493 e. The van der Waals surface area contributed by atoms with E-state index in [2.05, 4.69) is 0 Å². The summed E-state index contributed by atoms with van der Waals surface area (Å²) in [5, 5.41) is 0. The fourth-order valence-corrected chi connectivity index (χ4v) is 5.36. The molecule has 194 valence electrons. The molecule has 0 aliphatic carbocycles. The Kier molecular flexibility index (Phi) is 8.28. The Morgan fingerprint density at radius 3 is 2.21 bits per heavy atom. The van der Waals surface area contributed by atoms with Gasteiger partial charge in [0.05, 0.1) is 17.7 Å². The molecule has 0 bridgehead atoms. The summed E-state index contributed by atoms with van der Waals surface area (Å²) in [6.07, 6.45) is 2.81. The third-order valence-corrected chi connectivity index (χ3v) is 7.84. The van der Waals surface area contributed by atoms with Gasteiger partial charge in [0, 0.05) is 6.08 Å². The minimum absolute atomic E-state index is 0.0317. The van der Waals surface area contributed by atoms with E-state index < -0.39 is 15.9 Å². The third-order valence-electron chi connectivity index (χ3n) is 6.12. The molecule has 38 heavy (non-hydrogen) atoms. The lowest BCUT2D eigenvalue weighted by Gasteiger charge is -2.24. The van der Waals surface area contributed by atoms with Gasteiger partial charge < -0.3 is 9.47 Å². The lowest BCUT2D eigenvalue weighted by Crippen LogP contribution is -2.36. The average molecular weight is 528 g/mol. The smallest absolute Gasteiger partial charge is 0.271 e. The van der Waals surface area contributed by atoms with Crippen molar-refractivity contribution in [3.8, 4) is 11.5 Å². The van der Waals surface area contributed by atoms with Crippen molar-refractivity contribution >= 4 is 27.7 Å². The van der Waals surface area contributed by atoms with Crippen molar-refractivity contribution in [2.75, 3.05) is 11.4 Å². The molecular weight excluding hydrogens is 498 g/mol. The molecular formula is C31H29NO5S. The Bertz CT molecular complexity index is 1550. The SMILES string of the molecule is COc1cc(/C=C/C(=O)N(c2cccc(C)c2C)S(=O)(=O)c2ccccc2)ccc1OCc1ccccc1. The molecule has 0 atom stereocenters. The fraction of sp³-hybridized carbons (Fsp3) is 0.129. The molecule has 0 saturated carbocycles. The molecule has 1 amide bonds. The van der Waals surface area contributed by atoms with E-state index in [9.17, 15) is 13.2 Å². The van der Waals surface area contributed by atoms with Crippen LogP contribution in [0.5, 0.6) is 11.5 Å². The van der Waals surface area contributed by atoms with E-state index in [1.165, 1.54) is 25.3 Å². The van der Waals surface area contributed by atoms with Gasteiger partial charge in [-0.25, -0.2) is 8.42 Å². The molecule has 0 aromatic heterocycles. The van der Waals surface area contributed by atoms with Crippen LogP contribution in [0.3, 0.4) is 0 Å². The van der Waals surface area contributed by atoms with E-state index in [0.717, 1.165) is 15.4 Å². The van der Waals surface area contributed by atoms with Gasteiger partial charge in [0.1, 0.15) is 6.61 Å². The number of aryl methyl sites for hydroxylation is 1. The summed E-state index contributed by atoms with van der Waals surface area (Å²) in [4.78, 5) is 13.5. The average Bonchev–Trinajstić information content (AvgIpc) is 2.94. The van der Waals surface area contributed by atoms with Gasteiger partial charge in [0.25, 0.3) is 15.9 Å². The van der Waals surface area contributed by atoms with Crippen molar-refractivity contribution in [3.05, 3.63) is 125 Å². The Morgan fingerprint density at radius 1 is 0.842 bits per heavy atom. The second-order valence-electron chi connectivity index (χ2n) is 8.66. The number of nitrogens with zero attached hydrogens (tertiary/aromatic N) is 1. The maximum absolute atomic E-state index is 13.6. The summed E-state index contributed by atoms with van der Waals surface area (Å²) < 4.78 is 39.5. The molecule has 0 spiro atoms. The zero-order chi connectivity index (χ0) is 27.1. The van der Waals surface area contributed by atoms with Gasteiger partial charge in [0.2, 0.25) is 0 Å². The minimum atomic E-state index is -4.16. The first kappa shape index (κ1) is 26.7. The van der Waals surface area contributed by atoms with E-state index in [1.54, 1.807) is 61.5 Å². The summed E-state index contributed by atoms with van der Waals surface area (Å²) in [7, 11) is -2.62. The van der Waals surface area contributed by atoms with Crippen LogP contribution < -0.4 is 13.8 Å². The van der Waals surface area contributed by atoms with E-state index in [-0.39, 0.29) is 4.90 Å². The van der Waals surface area contributed by atoms with E-state index in [1.807, 2.05) is 43.3 Å². The topological polar surface area (TPSA) is 72.9 Å². The predicted molar refractivity (Wildman–Crippen MR) is 150 cm³/mol. The molecule has 4 aromatic rings. The van der Waals surface area contributed by atoms with Crippen molar-refractivity contribution in [2.24, 2.45) is 0 Å². The van der Waals surface area contributed by atoms with Crippen LogP contribution in [0.1, 0.15) is 22.3 Å². The maximum Gasteiger partial charge on any atom is 0.271 e. The summed E-state index contributed by atoms with van der Waals surface area (Å²) in [6, 6.07) is 28.2. The Labute approximate surface area is 223 Å². The Hall–Kier alpha value is -4.36. The number of carbonyl (C=O) groups is 1. The highest BCUT2D eigenvalue weighted by Crippen LogP contribution is 2.31. The van der Waals surface area contributed by atoms with Crippen molar-refractivity contribution in [2.45, 2.75) is 25.3 Å². The van der Waals surface area contributed by atoms with E-state index >= 15 is 0 Å². The molecule has 0 heterocycles. The van der Waals surface area contributed by atoms with Crippen molar-refractivity contribution in [1.82, 2.24) is 0 Å². The summed E-state index contributed by atoms with van der Waals surface area (Å²) in [5.41, 5.74) is 3.57. The molecule has 0 N–H and O–H groups in total.